The van der Waals surface area contributed by atoms with Gasteiger partial charge in [-0.05, 0) is 54.9 Å². The number of halogens is 1. The maximum atomic E-state index is 13.0. The molecule has 1 saturated carbocycles. The predicted molar refractivity (Wildman–Crippen MR) is 118 cm³/mol. The average Bonchev–Trinajstić information content (AvgIpc) is 3.45. The van der Waals surface area contributed by atoms with Crippen molar-refractivity contribution in [3.05, 3.63) is 70.7 Å². The van der Waals surface area contributed by atoms with E-state index < -0.39 is 5.54 Å². The summed E-state index contributed by atoms with van der Waals surface area (Å²) in [5.41, 5.74) is 7.25. The molecule has 30 heavy (non-hydrogen) atoms. The number of Topliss-reactive ketones (excluding diaryl/α,β-unsaturated/α-hetero) is 1. The number of guanidine groups is 1. The second-order valence-electron chi connectivity index (χ2n) is 8.52. The van der Waals surface area contributed by atoms with Crippen molar-refractivity contribution in [2.24, 2.45) is 16.6 Å². The summed E-state index contributed by atoms with van der Waals surface area (Å²) in [5, 5.41) is 0.608. The number of nitrogens with two attached hydrogens (primary N) is 1. The van der Waals surface area contributed by atoms with Crippen LogP contribution in [0, 0.1) is 5.92 Å². The van der Waals surface area contributed by atoms with Crippen molar-refractivity contribution in [3.8, 4) is 0 Å². The molecule has 1 heterocycles. The molecule has 0 saturated heterocycles. The van der Waals surface area contributed by atoms with Gasteiger partial charge < -0.3 is 5.73 Å². The molecule has 0 radical (unpaired) electrons. The van der Waals surface area contributed by atoms with Gasteiger partial charge in [0.1, 0.15) is 11.3 Å². The molecule has 0 spiro atoms. The highest BCUT2D eigenvalue weighted by atomic mass is 35.5. The summed E-state index contributed by atoms with van der Waals surface area (Å²) in [4.78, 5) is 31.4. The molecular weight excluding hydrogens is 398 g/mol. The molecule has 0 bridgehead atoms. The molecule has 6 heteroatoms. The Hall–Kier alpha value is -2.66. The van der Waals surface area contributed by atoms with Gasteiger partial charge in [0.25, 0.3) is 5.91 Å². The molecule has 1 aliphatic carbocycles. The summed E-state index contributed by atoms with van der Waals surface area (Å²) < 4.78 is 0. The fraction of sp³-hybridized carbons (Fsp3) is 0.375. The Morgan fingerprint density at radius 3 is 2.73 bits per heavy atom. The first-order chi connectivity index (χ1) is 14.4. The third kappa shape index (κ3) is 4.41. The van der Waals surface area contributed by atoms with Crippen molar-refractivity contribution in [2.45, 2.75) is 50.6 Å². The van der Waals surface area contributed by atoms with Gasteiger partial charge in [0, 0.05) is 17.9 Å². The van der Waals surface area contributed by atoms with Crippen LogP contribution >= 0.6 is 11.6 Å². The van der Waals surface area contributed by atoms with Crippen molar-refractivity contribution < 1.29 is 9.59 Å². The lowest BCUT2D eigenvalue weighted by atomic mass is 9.93. The van der Waals surface area contributed by atoms with Crippen molar-refractivity contribution >= 4 is 29.3 Å². The first kappa shape index (κ1) is 20.6. The number of amides is 1. The lowest BCUT2D eigenvalue weighted by Gasteiger charge is -2.22. The second kappa shape index (κ2) is 8.23. The predicted octanol–water partition coefficient (Wildman–Crippen LogP) is 4.30. The van der Waals surface area contributed by atoms with Crippen molar-refractivity contribution in [2.75, 3.05) is 0 Å². The van der Waals surface area contributed by atoms with Crippen molar-refractivity contribution in [1.82, 2.24) is 4.90 Å². The molecule has 1 amide bonds. The maximum Gasteiger partial charge on any atom is 0.257 e. The van der Waals surface area contributed by atoms with E-state index in [9.17, 15) is 9.59 Å². The minimum absolute atomic E-state index is 0.165. The van der Waals surface area contributed by atoms with E-state index in [-0.39, 0.29) is 17.6 Å². The Morgan fingerprint density at radius 2 is 2.00 bits per heavy atom. The average molecular weight is 424 g/mol. The minimum atomic E-state index is -0.985. The molecule has 1 aliphatic heterocycles. The smallest absolute Gasteiger partial charge is 0.257 e. The molecule has 1 unspecified atom stereocenters. The van der Waals surface area contributed by atoms with E-state index in [1.54, 1.807) is 19.1 Å². The van der Waals surface area contributed by atoms with Crippen molar-refractivity contribution in [1.29, 1.82) is 0 Å². The van der Waals surface area contributed by atoms with Crippen LogP contribution in [0.2, 0.25) is 5.02 Å². The summed E-state index contributed by atoms with van der Waals surface area (Å²) in [6.07, 6.45) is 2.34. The standard InChI is InChI=1S/C24H26ClN3O2/c1-24(11-10-20(29)13-18-14-21(18)17-7-3-2-4-8-17)22(30)28(23(26)27-24)15-16-6-5-9-19(25)12-16/h2-9,12,18,21H,10-11,13-15H2,1H3,(H2,26,27)/t18-,21+,24?/m1/s1. The van der Waals surface area contributed by atoms with Gasteiger partial charge in [-0.15, -0.1) is 0 Å². The van der Waals surface area contributed by atoms with E-state index in [0.29, 0.717) is 42.7 Å². The Kier molecular flexibility index (Phi) is 5.65. The lowest BCUT2D eigenvalue weighted by Crippen LogP contribution is -2.42. The molecular formula is C24H26ClN3O2. The van der Waals surface area contributed by atoms with Gasteiger partial charge >= 0.3 is 0 Å². The highest BCUT2D eigenvalue weighted by molar-refractivity contribution is 6.30. The van der Waals surface area contributed by atoms with E-state index in [1.165, 1.54) is 10.5 Å². The molecule has 2 aliphatic rings. The topological polar surface area (TPSA) is 75.8 Å². The van der Waals surface area contributed by atoms with E-state index in [0.717, 1.165) is 12.0 Å². The molecule has 2 N–H and O–H groups in total. The van der Waals surface area contributed by atoms with Crippen LogP contribution in [0.15, 0.2) is 59.6 Å². The number of carbonyl (C=O) groups excluding carboxylic acids is 2. The number of benzene rings is 2. The van der Waals surface area contributed by atoms with E-state index in [1.807, 2.05) is 30.3 Å². The normalized spacial score (nSPS) is 25.3. The maximum absolute atomic E-state index is 13.0. The van der Waals surface area contributed by atoms with E-state index in [4.69, 9.17) is 17.3 Å². The zero-order chi connectivity index (χ0) is 21.3. The number of ketones is 1. The molecule has 0 aromatic heterocycles. The monoisotopic (exact) mass is 423 g/mol. The summed E-state index contributed by atoms with van der Waals surface area (Å²) in [6.45, 7) is 2.08. The number of carbonyl (C=O) groups is 2. The quantitative estimate of drug-likeness (QED) is 0.687. The molecule has 156 valence electrons. The Labute approximate surface area is 181 Å². The van der Waals surface area contributed by atoms with Crippen LogP contribution in [0.5, 0.6) is 0 Å². The largest absolute Gasteiger partial charge is 0.369 e. The number of nitrogens with zero attached hydrogens (tertiary/aromatic N) is 2. The first-order valence-corrected chi connectivity index (χ1v) is 10.7. The Morgan fingerprint density at radius 1 is 1.23 bits per heavy atom. The lowest BCUT2D eigenvalue weighted by molar-refractivity contribution is -0.131. The third-order valence-corrected chi connectivity index (χ3v) is 6.34. The van der Waals surface area contributed by atoms with Crippen LogP contribution in [-0.2, 0) is 16.1 Å². The fourth-order valence-electron chi connectivity index (χ4n) is 4.25. The van der Waals surface area contributed by atoms with Gasteiger partial charge in [-0.25, -0.2) is 4.99 Å². The van der Waals surface area contributed by atoms with Gasteiger partial charge in [0.2, 0.25) is 0 Å². The molecule has 2 aromatic carbocycles. The molecule has 4 rings (SSSR count). The zero-order valence-corrected chi connectivity index (χ0v) is 17.8. The molecule has 2 aromatic rings. The second-order valence-corrected chi connectivity index (χ2v) is 8.96. The van der Waals surface area contributed by atoms with Gasteiger partial charge in [0.05, 0.1) is 6.54 Å². The van der Waals surface area contributed by atoms with Gasteiger partial charge in [-0.3, -0.25) is 14.5 Å². The first-order valence-electron chi connectivity index (χ1n) is 10.3. The molecule has 3 atom stereocenters. The number of hydrogen-bond acceptors (Lipinski definition) is 4. The van der Waals surface area contributed by atoms with Crippen LogP contribution in [0.1, 0.15) is 49.7 Å². The van der Waals surface area contributed by atoms with Crippen molar-refractivity contribution in [3.63, 3.8) is 0 Å². The SMILES string of the molecule is CC1(CCC(=O)C[C@@H]2C[C@H]2c2ccccc2)N=C(N)N(Cc2cccc(Cl)c2)C1=O. The highest BCUT2D eigenvalue weighted by Crippen LogP contribution is 2.49. The summed E-state index contributed by atoms with van der Waals surface area (Å²) in [7, 11) is 0. The van der Waals surface area contributed by atoms with Gasteiger partial charge in [-0.1, -0.05) is 54.1 Å². The van der Waals surface area contributed by atoms with Crippen LogP contribution in [0.4, 0.5) is 0 Å². The van der Waals surface area contributed by atoms with Crippen LogP contribution < -0.4 is 5.73 Å². The molecule has 1 fully saturated rings. The third-order valence-electron chi connectivity index (χ3n) is 6.10. The summed E-state index contributed by atoms with van der Waals surface area (Å²) in [5.74, 6) is 1.12. The fourth-order valence-corrected chi connectivity index (χ4v) is 4.46. The Bertz CT molecular complexity index is 991. The van der Waals surface area contributed by atoms with Gasteiger partial charge in [0.15, 0.2) is 5.96 Å². The van der Waals surface area contributed by atoms with E-state index >= 15 is 0 Å². The summed E-state index contributed by atoms with van der Waals surface area (Å²) >= 11 is 6.04. The molecule has 5 nitrogen and oxygen atoms in total. The zero-order valence-electron chi connectivity index (χ0n) is 17.1. The number of hydrogen-bond donors (Lipinski definition) is 1. The number of aliphatic imine (C=N–C) groups is 1. The summed E-state index contributed by atoms with van der Waals surface area (Å²) in [6, 6.07) is 17.7. The van der Waals surface area contributed by atoms with E-state index in [2.05, 4.69) is 17.1 Å². The van der Waals surface area contributed by atoms with Crippen LogP contribution in [-0.4, -0.2) is 28.1 Å². The van der Waals surface area contributed by atoms with Crippen LogP contribution in [0.3, 0.4) is 0 Å². The minimum Gasteiger partial charge on any atom is -0.369 e. The highest BCUT2D eigenvalue weighted by Gasteiger charge is 2.44. The number of rotatable bonds is 8. The van der Waals surface area contributed by atoms with Crippen LogP contribution in [0.25, 0.3) is 0 Å². The van der Waals surface area contributed by atoms with Gasteiger partial charge in [-0.2, -0.15) is 0 Å². The Balaban J connectivity index is 1.31.